The van der Waals surface area contributed by atoms with Crippen molar-refractivity contribution in [3.05, 3.63) is 53.7 Å². The van der Waals surface area contributed by atoms with Gasteiger partial charge in [-0.15, -0.1) is 0 Å². The van der Waals surface area contributed by atoms with Gasteiger partial charge >= 0.3 is 0 Å². The predicted octanol–water partition coefficient (Wildman–Crippen LogP) is 3.18. The van der Waals surface area contributed by atoms with Crippen LogP contribution in [0.5, 0.6) is 5.75 Å². The summed E-state index contributed by atoms with van der Waals surface area (Å²) in [5.74, 6) is 2.19. The van der Waals surface area contributed by atoms with Crippen LogP contribution < -0.4 is 4.74 Å². The molecule has 0 aliphatic carbocycles. The second kappa shape index (κ2) is 9.02. The highest BCUT2D eigenvalue weighted by Gasteiger charge is 2.27. The van der Waals surface area contributed by atoms with Gasteiger partial charge in [0, 0.05) is 25.2 Å². The minimum Gasteiger partial charge on any atom is -0.494 e. The van der Waals surface area contributed by atoms with Crippen LogP contribution in [0.15, 0.2) is 41.2 Å². The molecule has 30 heavy (non-hydrogen) atoms. The Labute approximate surface area is 175 Å². The molecule has 1 amide bonds. The Hall–Kier alpha value is -3.29. The normalized spacial score (nSPS) is 14.7. The van der Waals surface area contributed by atoms with E-state index in [0.717, 1.165) is 29.8 Å². The molecule has 1 aromatic carbocycles. The topological polar surface area (TPSA) is 94.2 Å². The zero-order valence-corrected chi connectivity index (χ0v) is 17.2. The van der Waals surface area contributed by atoms with Gasteiger partial charge in [0.1, 0.15) is 11.4 Å². The van der Waals surface area contributed by atoms with Crippen molar-refractivity contribution in [2.24, 2.45) is 0 Å². The molecule has 8 heteroatoms. The number of benzene rings is 1. The Balaban J connectivity index is 1.31. The van der Waals surface area contributed by atoms with Crippen LogP contribution in [0.2, 0.25) is 0 Å². The van der Waals surface area contributed by atoms with E-state index in [1.165, 1.54) is 0 Å². The lowest BCUT2D eigenvalue weighted by molar-refractivity contribution is -0.131. The summed E-state index contributed by atoms with van der Waals surface area (Å²) in [6.45, 7) is 5.84. The summed E-state index contributed by atoms with van der Waals surface area (Å²) in [5.41, 5.74) is 2.40. The van der Waals surface area contributed by atoms with Crippen LogP contribution in [0.3, 0.4) is 0 Å². The van der Waals surface area contributed by atoms with Gasteiger partial charge in [0.2, 0.25) is 5.91 Å². The van der Waals surface area contributed by atoms with Gasteiger partial charge < -0.3 is 14.2 Å². The molecule has 1 fully saturated rings. The molecule has 1 saturated heterocycles. The van der Waals surface area contributed by atoms with Gasteiger partial charge in [-0.3, -0.25) is 9.78 Å². The number of hydrogen-bond acceptors (Lipinski definition) is 7. The molecule has 3 aromatic rings. The highest BCUT2D eigenvalue weighted by atomic mass is 16.5. The fraction of sp³-hybridized carbons (Fsp3) is 0.409. The molecule has 0 radical (unpaired) electrons. The van der Waals surface area contributed by atoms with E-state index in [0.29, 0.717) is 43.5 Å². The summed E-state index contributed by atoms with van der Waals surface area (Å²) in [7, 11) is 0. The first-order valence-electron chi connectivity index (χ1n) is 10.2. The standard InChI is InChI=1S/C22H25N5O3/c1-3-29-18-6-4-16(5-7-18)12-20(28)27-10-8-17(9-11-27)21-25-22(30-26-21)19-14-23-15(2)13-24-19/h4-7,13-14,17H,3,8-12H2,1-2H3. The fourth-order valence-corrected chi connectivity index (χ4v) is 3.55. The lowest BCUT2D eigenvalue weighted by atomic mass is 9.95. The lowest BCUT2D eigenvalue weighted by Crippen LogP contribution is -2.39. The van der Waals surface area contributed by atoms with Crippen molar-refractivity contribution in [1.82, 2.24) is 25.0 Å². The van der Waals surface area contributed by atoms with Gasteiger partial charge in [0.25, 0.3) is 5.89 Å². The number of carbonyl (C=O) groups excluding carboxylic acids is 1. The molecule has 0 unspecified atom stereocenters. The zero-order chi connectivity index (χ0) is 20.9. The molecule has 2 aromatic heterocycles. The highest BCUT2D eigenvalue weighted by Crippen LogP contribution is 2.28. The summed E-state index contributed by atoms with van der Waals surface area (Å²) < 4.78 is 10.8. The number of likely N-dealkylation sites (tertiary alicyclic amines) is 1. The fourth-order valence-electron chi connectivity index (χ4n) is 3.55. The molecule has 1 aliphatic heterocycles. The van der Waals surface area contributed by atoms with E-state index >= 15 is 0 Å². The van der Waals surface area contributed by atoms with Crippen molar-refractivity contribution in [3.8, 4) is 17.3 Å². The molecule has 4 rings (SSSR count). The van der Waals surface area contributed by atoms with Crippen molar-refractivity contribution in [1.29, 1.82) is 0 Å². The first-order valence-corrected chi connectivity index (χ1v) is 10.2. The van der Waals surface area contributed by atoms with Crippen molar-refractivity contribution >= 4 is 5.91 Å². The summed E-state index contributed by atoms with van der Waals surface area (Å²) in [6.07, 6.45) is 5.33. The van der Waals surface area contributed by atoms with E-state index in [4.69, 9.17) is 9.26 Å². The predicted molar refractivity (Wildman–Crippen MR) is 110 cm³/mol. The van der Waals surface area contributed by atoms with Crippen LogP contribution in [0.1, 0.15) is 42.8 Å². The largest absolute Gasteiger partial charge is 0.494 e. The molecule has 0 saturated carbocycles. The van der Waals surface area contributed by atoms with Crippen LogP contribution in [0.25, 0.3) is 11.6 Å². The molecule has 0 spiro atoms. The minimum absolute atomic E-state index is 0.140. The van der Waals surface area contributed by atoms with Gasteiger partial charge in [0.15, 0.2) is 5.82 Å². The second-order valence-corrected chi connectivity index (χ2v) is 7.41. The van der Waals surface area contributed by atoms with Gasteiger partial charge in [-0.05, 0) is 44.4 Å². The highest BCUT2D eigenvalue weighted by molar-refractivity contribution is 5.79. The van der Waals surface area contributed by atoms with Crippen molar-refractivity contribution in [2.45, 2.75) is 39.0 Å². The van der Waals surface area contributed by atoms with Crippen molar-refractivity contribution in [3.63, 3.8) is 0 Å². The average Bonchev–Trinajstić information content (AvgIpc) is 3.26. The molecule has 0 N–H and O–H groups in total. The minimum atomic E-state index is 0.140. The Morgan fingerprint density at radius 3 is 2.60 bits per heavy atom. The summed E-state index contributed by atoms with van der Waals surface area (Å²) >= 11 is 0. The van der Waals surface area contributed by atoms with E-state index in [1.54, 1.807) is 12.4 Å². The van der Waals surface area contributed by atoms with Crippen molar-refractivity contribution < 1.29 is 14.1 Å². The maximum atomic E-state index is 12.7. The summed E-state index contributed by atoms with van der Waals surface area (Å²) in [4.78, 5) is 27.6. The number of hydrogen-bond donors (Lipinski definition) is 0. The molecule has 156 valence electrons. The average molecular weight is 407 g/mol. The number of carbonyl (C=O) groups is 1. The van der Waals surface area contributed by atoms with Crippen LogP contribution in [-0.4, -0.2) is 50.6 Å². The van der Waals surface area contributed by atoms with Gasteiger partial charge in [-0.2, -0.15) is 4.98 Å². The molecular weight excluding hydrogens is 382 g/mol. The third-order valence-corrected chi connectivity index (χ3v) is 5.24. The zero-order valence-electron chi connectivity index (χ0n) is 17.2. The van der Waals surface area contributed by atoms with Crippen LogP contribution in [0.4, 0.5) is 0 Å². The van der Waals surface area contributed by atoms with E-state index in [2.05, 4.69) is 20.1 Å². The Morgan fingerprint density at radius 1 is 1.17 bits per heavy atom. The van der Waals surface area contributed by atoms with Crippen LogP contribution >= 0.6 is 0 Å². The Bertz CT molecular complexity index is 977. The summed E-state index contributed by atoms with van der Waals surface area (Å²) in [6, 6.07) is 7.71. The smallest absolute Gasteiger partial charge is 0.278 e. The molecule has 0 atom stereocenters. The molecule has 8 nitrogen and oxygen atoms in total. The quantitative estimate of drug-likeness (QED) is 0.619. The number of rotatable bonds is 6. The van der Waals surface area contributed by atoms with Gasteiger partial charge in [0.05, 0.1) is 24.9 Å². The number of aryl methyl sites for hydroxylation is 1. The second-order valence-electron chi connectivity index (χ2n) is 7.41. The van der Waals surface area contributed by atoms with Crippen LogP contribution in [0, 0.1) is 6.92 Å². The molecule has 0 bridgehead atoms. The first-order chi connectivity index (χ1) is 14.6. The Morgan fingerprint density at radius 2 is 1.93 bits per heavy atom. The van der Waals surface area contributed by atoms with E-state index < -0.39 is 0 Å². The SMILES string of the molecule is CCOc1ccc(CC(=O)N2CCC(c3noc(-c4cnc(C)cn4)n3)CC2)cc1. The third-order valence-electron chi connectivity index (χ3n) is 5.24. The maximum absolute atomic E-state index is 12.7. The maximum Gasteiger partial charge on any atom is 0.278 e. The number of aromatic nitrogens is 4. The van der Waals surface area contributed by atoms with Gasteiger partial charge in [-0.1, -0.05) is 17.3 Å². The number of piperidine rings is 1. The third kappa shape index (κ3) is 4.64. The van der Waals surface area contributed by atoms with E-state index in [-0.39, 0.29) is 11.8 Å². The monoisotopic (exact) mass is 407 g/mol. The number of amides is 1. The first kappa shape index (κ1) is 20.0. The lowest BCUT2D eigenvalue weighted by Gasteiger charge is -2.30. The number of nitrogens with zero attached hydrogens (tertiary/aromatic N) is 5. The molecule has 1 aliphatic rings. The molecule has 3 heterocycles. The molecular formula is C22H25N5O3. The summed E-state index contributed by atoms with van der Waals surface area (Å²) in [5, 5.41) is 4.13. The van der Waals surface area contributed by atoms with E-state index in [9.17, 15) is 4.79 Å². The van der Waals surface area contributed by atoms with Gasteiger partial charge in [-0.25, -0.2) is 4.98 Å². The number of ether oxygens (including phenoxy) is 1. The van der Waals surface area contributed by atoms with Crippen molar-refractivity contribution in [2.75, 3.05) is 19.7 Å². The van der Waals surface area contributed by atoms with Crippen LogP contribution in [-0.2, 0) is 11.2 Å². The van der Waals surface area contributed by atoms with E-state index in [1.807, 2.05) is 43.0 Å². The Kier molecular flexibility index (Phi) is 6.02.